The van der Waals surface area contributed by atoms with Crippen LogP contribution in [-0.4, -0.2) is 44.0 Å². The average Bonchev–Trinajstić information content (AvgIpc) is 3.42. The second-order valence-corrected chi connectivity index (χ2v) is 7.32. The summed E-state index contributed by atoms with van der Waals surface area (Å²) in [6, 6.07) is 5.14. The Morgan fingerprint density at radius 3 is 2.61 bits per heavy atom. The second kappa shape index (κ2) is 7.84. The number of hydrogen-bond acceptors (Lipinski definition) is 5. The number of halogens is 4. The molecule has 0 unspecified atom stereocenters. The van der Waals surface area contributed by atoms with Crippen molar-refractivity contribution in [2.45, 2.75) is 25.6 Å². The Kier molecular flexibility index (Phi) is 5.34. The van der Waals surface area contributed by atoms with Crippen LogP contribution in [0.15, 0.2) is 41.6 Å². The van der Waals surface area contributed by atoms with Gasteiger partial charge < -0.3 is 4.90 Å². The van der Waals surface area contributed by atoms with Crippen molar-refractivity contribution in [3.63, 3.8) is 0 Å². The predicted molar refractivity (Wildman–Crippen MR) is 114 cm³/mol. The summed E-state index contributed by atoms with van der Waals surface area (Å²) < 4.78 is 40.5. The minimum absolute atomic E-state index is 0. The number of rotatable bonds is 3. The highest BCUT2D eigenvalue weighted by molar-refractivity contribution is 6.03. The van der Waals surface area contributed by atoms with Crippen LogP contribution < -0.4 is 10.5 Å². The molecule has 0 spiro atoms. The number of aromatic amines is 1. The maximum absolute atomic E-state index is 13.3. The zero-order chi connectivity index (χ0) is 20.9. The van der Waals surface area contributed by atoms with Gasteiger partial charge in [0, 0.05) is 36.4 Å². The van der Waals surface area contributed by atoms with Crippen molar-refractivity contribution >= 4 is 40.0 Å². The summed E-state index contributed by atoms with van der Waals surface area (Å²) in [5.41, 5.74) is 0.962. The third-order valence-electron chi connectivity index (χ3n) is 5.36. The van der Waals surface area contributed by atoms with Crippen molar-refractivity contribution < 1.29 is 13.2 Å². The number of fused-ring (bicyclic) bond motifs is 3. The number of hydrogen-bond donors (Lipinski definition) is 1. The monoisotopic (exact) mass is 450 g/mol. The Balaban J connectivity index is 0.00000231. The molecule has 0 radical (unpaired) electrons. The highest BCUT2D eigenvalue weighted by atomic mass is 35.5. The van der Waals surface area contributed by atoms with Crippen LogP contribution >= 0.6 is 12.4 Å². The minimum atomic E-state index is -4.55. The molecule has 162 valence electrons. The quantitative estimate of drug-likeness (QED) is 0.512. The lowest BCUT2D eigenvalue weighted by Gasteiger charge is -2.20. The van der Waals surface area contributed by atoms with Crippen LogP contribution in [0.3, 0.4) is 0 Å². The van der Waals surface area contributed by atoms with Gasteiger partial charge in [-0.15, -0.1) is 12.4 Å². The number of nitrogens with zero attached hydrogens (tertiary/aromatic N) is 5. The molecule has 1 saturated heterocycles. The van der Waals surface area contributed by atoms with Gasteiger partial charge in [0.15, 0.2) is 0 Å². The summed E-state index contributed by atoms with van der Waals surface area (Å²) in [7, 11) is 0. The minimum Gasteiger partial charge on any atom is -0.356 e. The molecule has 0 saturated carbocycles. The molecule has 0 atom stereocenters. The van der Waals surface area contributed by atoms with E-state index in [1.54, 1.807) is 12.3 Å². The van der Waals surface area contributed by atoms with Gasteiger partial charge in [-0.05, 0) is 31.0 Å². The molecule has 7 nitrogen and oxygen atoms in total. The van der Waals surface area contributed by atoms with E-state index in [0.29, 0.717) is 16.6 Å². The normalized spacial score (nSPS) is 14.4. The van der Waals surface area contributed by atoms with E-state index in [1.807, 2.05) is 6.07 Å². The van der Waals surface area contributed by atoms with Crippen LogP contribution in [0.4, 0.5) is 19.0 Å². The number of aromatic nitrogens is 5. The molecule has 1 aliphatic rings. The summed E-state index contributed by atoms with van der Waals surface area (Å²) in [6.07, 6.45) is 1.98. The van der Waals surface area contributed by atoms with Crippen LogP contribution in [0.1, 0.15) is 12.8 Å². The van der Waals surface area contributed by atoms with Gasteiger partial charge in [0.2, 0.25) is 0 Å². The molecule has 11 heteroatoms. The topological polar surface area (TPSA) is 79.7 Å². The molecule has 0 aromatic carbocycles. The number of H-pyrrole nitrogens is 1. The number of pyridine rings is 3. The van der Waals surface area contributed by atoms with Crippen molar-refractivity contribution in [2.75, 3.05) is 18.0 Å². The van der Waals surface area contributed by atoms with Gasteiger partial charge in [0.25, 0.3) is 5.56 Å². The Labute approximate surface area is 180 Å². The number of nitrogens with one attached hydrogen (secondary N) is 1. The van der Waals surface area contributed by atoms with Gasteiger partial charge in [0.1, 0.15) is 12.4 Å². The summed E-state index contributed by atoms with van der Waals surface area (Å²) >= 11 is 0. The van der Waals surface area contributed by atoms with Gasteiger partial charge in [-0.2, -0.15) is 18.3 Å². The van der Waals surface area contributed by atoms with Crippen molar-refractivity contribution in [3.8, 4) is 11.3 Å². The third kappa shape index (κ3) is 3.71. The zero-order valence-corrected chi connectivity index (χ0v) is 17.0. The van der Waals surface area contributed by atoms with Gasteiger partial charge in [-0.3, -0.25) is 19.4 Å². The summed E-state index contributed by atoms with van der Waals surface area (Å²) in [4.78, 5) is 23.9. The average molecular weight is 451 g/mol. The molecule has 1 N–H and O–H groups in total. The first-order valence-electron chi connectivity index (χ1n) is 9.55. The first-order chi connectivity index (χ1) is 14.4. The summed E-state index contributed by atoms with van der Waals surface area (Å²) in [6.45, 7) is 0.342. The molecular formula is C20H18ClF3N6O. The molecule has 5 rings (SSSR count). The molecule has 0 aliphatic carbocycles. The standard InChI is InChI=1S/C20H17F3N6O.ClH/c21-20(22,23)11-29-16-8-15(12-4-3-5-24-18(12)28-6-1-2-7-28)25-9-13(16)17-14(19(29)30)10-26-27-17;/h3-5,8-10H,1-2,6-7,11H2,(H,26,27);1H. The van der Waals surface area contributed by atoms with E-state index in [0.717, 1.165) is 41.9 Å². The lowest BCUT2D eigenvalue weighted by molar-refractivity contribution is -0.140. The fourth-order valence-electron chi connectivity index (χ4n) is 4.03. The van der Waals surface area contributed by atoms with Gasteiger partial charge >= 0.3 is 6.18 Å². The molecule has 31 heavy (non-hydrogen) atoms. The lowest BCUT2D eigenvalue weighted by Crippen LogP contribution is -2.28. The fourth-order valence-corrected chi connectivity index (χ4v) is 4.03. The first-order valence-corrected chi connectivity index (χ1v) is 9.55. The Morgan fingerprint density at radius 2 is 1.87 bits per heavy atom. The smallest absolute Gasteiger partial charge is 0.356 e. The van der Waals surface area contributed by atoms with Crippen LogP contribution in [0, 0.1) is 0 Å². The van der Waals surface area contributed by atoms with Crippen LogP contribution in [0.2, 0.25) is 0 Å². The van der Waals surface area contributed by atoms with Gasteiger partial charge in [0.05, 0.1) is 28.3 Å². The first kappa shape index (κ1) is 21.1. The van der Waals surface area contributed by atoms with E-state index in [1.165, 1.54) is 18.5 Å². The number of alkyl halides is 3. The van der Waals surface area contributed by atoms with Crippen LogP contribution in [0.5, 0.6) is 0 Å². The molecule has 0 amide bonds. The Bertz CT molecular complexity index is 1310. The number of anilines is 1. The van der Waals surface area contributed by atoms with E-state index in [4.69, 9.17) is 0 Å². The van der Waals surface area contributed by atoms with Crippen LogP contribution in [-0.2, 0) is 6.54 Å². The molecular weight excluding hydrogens is 433 g/mol. The highest BCUT2D eigenvalue weighted by Crippen LogP contribution is 2.32. The van der Waals surface area contributed by atoms with E-state index in [2.05, 4.69) is 25.1 Å². The molecule has 1 fully saturated rings. The van der Waals surface area contributed by atoms with Crippen molar-refractivity contribution in [2.24, 2.45) is 0 Å². The van der Waals surface area contributed by atoms with Crippen molar-refractivity contribution in [1.29, 1.82) is 0 Å². The van der Waals surface area contributed by atoms with E-state index in [-0.39, 0.29) is 23.3 Å². The van der Waals surface area contributed by atoms with E-state index < -0.39 is 18.3 Å². The van der Waals surface area contributed by atoms with Crippen molar-refractivity contribution in [3.05, 3.63) is 47.1 Å². The molecule has 0 bridgehead atoms. The van der Waals surface area contributed by atoms with E-state index >= 15 is 0 Å². The maximum Gasteiger partial charge on any atom is 0.406 e. The SMILES string of the molecule is Cl.O=c1c2cn[nH]c2c2cnc(-c3cccnc3N3CCCC3)cc2n1CC(F)(F)F. The Morgan fingerprint density at radius 1 is 1.10 bits per heavy atom. The summed E-state index contributed by atoms with van der Waals surface area (Å²) in [5.74, 6) is 0.745. The third-order valence-corrected chi connectivity index (χ3v) is 5.36. The lowest BCUT2D eigenvalue weighted by atomic mass is 10.1. The van der Waals surface area contributed by atoms with Crippen molar-refractivity contribution in [1.82, 2.24) is 24.7 Å². The van der Waals surface area contributed by atoms with Gasteiger partial charge in [-0.25, -0.2) is 4.98 Å². The highest BCUT2D eigenvalue weighted by Gasteiger charge is 2.30. The fraction of sp³-hybridized carbons (Fsp3) is 0.300. The largest absolute Gasteiger partial charge is 0.406 e. The molecule has 4 aromatic rings. The van der Waals surface area contributed by atoms with E-state index in [9.17, 15) is 18.0 Å². The molecule has 5 heterocycles. The summed E-state index contributed by atoms with van der Waals surface area (Å²) in [5, 5.41) is 7.04. The maximum atomic E-state index is 13.3. The van der Waals surface area contributed by atoms with Crippen LogP contribution in [0.25, 0.3) is 33.1 Å². The van der Waals surface area contributed by atoms with Gasteiger partial charge in [-0.1, -0.05) is 0 Å². The molecule has 4 aromatic heterocycles. The predicted octanol–water partition coefficient (Wildman–Crippen LogP) is 3.92. The zero-order valence-electron chi connectivity index (χ0n) is 16.2. The Hall–Kier alpha value is -3.14. The second-order valence-electron chi connectivity index (χ2n) is 7.32. The molecule has 1 aliphatic heterocycles.